The lowest BCUT2D eigenvalue weighted by Gasteiger charge is -2.32. The van der Waals surface area contributed by atoms with Crippen molar-refractivity contribution in [1.82, 2.24) is 24.6 Å². The first kappa shape index (κ1) is 35.4. The number of aromatic carboxylic acids is 1. The van der Waals surface area contributed by atoms with E-state index in [1.165, 1.54) is 11.3 Å². The molecule has 0 spiro atoms. The number of carboxylic acid groups (broad SMARTS) is 1. The lowest BCUT2D eigenvalue weighted by molar-refractivity contribution is -0.117. The summed E-state index contributed by atoms with van der Waals surface area (Å²) in [6, 6.07) is 19.4. The zero-order valence-electron chi connectivity index (χ0n) is 30.0. The van der Waals surface area contributed by atoms with Crippen LogP contribution in [-0.2, 0) is 16.1 Å². The highest BCUT2D eigenvalue weighted by Crippen LogP contribution is 2.36. The molecule has 2 N–H and O–H groups in total. The van der Waals surface area contributed by atoms with E-state index in [9.17, 15) is 14.7 Å². The Balaban J connectivity index is 0.982. The summed E-state index contributed by atoms with van der Waals surface area (Å²) in [5.41, 5.74) is 5.69. The van der Waals surface area contributed by atoms with Crippen LogP contribution in [0.15, 0.2) is 102 Å². The molecule has 13 heteroatoms. The Hall–Kier alpha value is -5.63. The van der Waals surface area contributed by atoms with Gasteiger partial charge in [0.25, 0.3) is 0 Å². The second-order valence-corrected chi connectivity index (χ2v) is 14.5. The number of carbonyl (C=O) groups is 2. The predicted molar refractivity (Wildman–Crippen MR) is 209 cm³/mol. The molecule has 2 aliphatic heterocycles. The second kappa shape index (κ2) is 15.8. The Morgan fingerprint density at radius 2 is 1.85 bits per heavy atom. The maximum atomic E-state index is 13.6. The molecule has 0 radical (unpaired) electrons. The number of para-hydroxylation sites is 2. The van der Waals surface area contributed by atoms with Crippen LogP contribution in [-0.4, -0.2) is 87.6 Å². The number of ether oxygens (including phenoxy) is 2. The highest BCUT2D eigenvalue weighted by molar-refractivity contribution is 7.22. The number of anilines is 2. The number of hydrogen-bond acceptors (Lipinski definition) is 10. The number of fused-ring (bicyclic) bond motifs is 2. The van der Waals surface area contributed by atoms with Crippen molar-refractivity contribution in [2.75, 3.05) is 56.2 Å². The normalized spacial score (nSPS) is 17.2. The maximum Gasteiger partial charge on any atom is 0.355 e. The van der Waals surface area contributed by atoms with Crippen molar-refractivity contribution >= 4 is 44.4 Å². The molecule has 3 aromatic heterocycles. The summed E-state index contributed by atoms with van der Waals surface area (Å²) in [7, 11) is 0. The number of morpholine rings is 1. The number of allylic oxidation sites excluding steroid dienone is 2. The van der Waals surface area contributed by atoms with Gasteiger partial charge < -0.3 is 24.8 Å². The Labute approximate surface area is 317 Å². The van der Waals surface area contributed by atoms with E-state index in [0.717, 1.165) is 77.6 Å². The van der Waals surface area contributed by atoms with Gasteiger partial charge in [-0.25, -0.2) is 14.8 Å². The summed E-state index contributed by atoms with van der Waals surface area (Å²) in [5, 5.41) is 18.6. The van der Waals surface area contributed by atoms with E-state index in [0.29, 0.717) is 48.2 Å². The van der Waals surface area contributed by atoms with Gasteiger partial charge in [-0.05, 0) is 61.2 Å². The zero-order valence-corrected chi connectivity index (χ0v) is 30.8. The van der Waals surface area contributed by atoms with Crippen molar-refractivity contribution in [3.8, 4) is 16.9 Å². The number of carboxylic acids is 1. The number of hydrogen-bond donors (Lipinski definition) is 2. The molecule has 1 aliphatic carbocycles. The molecule has 8 rings (SSSR count). The summed E-state index contributed by atoms with van der Waals surface area (Å²) in [5.74, 6) is -0.533. The highest BCUT2D eigenvalue weighted by Gasteiger charge is 2.30. The molecule has 2 aromatic carbocycles. The van der Waals surface area contributed by atoms with Crippen molar-refractivity contribution < 1.29 is 24.2 Å². The standard InChI is InChI=1S/C41H41N7O5S/c1-27-32(24-42-48(27)25-29-8-2-4-12-35(29)53-21-7-17-46-19-22-52-23-20-46)30-14-15-37(44-38(30)40(50)51)47-18-16-28-9-6-10-31(33(28)26-47)39(49)45-41-43-34-11-3-5-13-36(34)54-41/h2-6,8-15,24,26,31H,7,16-23,25H2,1H3,(H,50,51)(H,43,45,49). The molecule has 5 heterocycles. The fourth-order valence-electron chi connectivity index (χ4n) is 7.16. The minimum atomic E-state index is -1.13. The number of rotatable bonds is 12. The van der Waals surface area contributed by atoms with Gasteiger partial charge in [0.05, 0.1) is 48.7 Å². The van der Waals surface area contributed by atoms with Gasteiger partial charge in [0, 0.05) is 54.8 Å². The van der Waals surface area contributed by atoms with Crippen molar-refractivity contribution in [1.29, 1.82) is 0 Å². The van der Waals surface area contributed by atoms with Gasteiger partial charge in [0.1, 0.15) is 11.6 Å². The predicted octanol–water partition coefficient (Wildman–Crippen LogP) is 6.56. The topological polar surface area (TPSA) is 135 Å². The Morgan fingerprint density at radius 3 is 2.70 bits per heavy atom. The number of nitrogens with zero attached hydrogens (tertiary/aromatic N) is 6. The molecule has 1 amide bonds. The average Bonchev–Trinajstić information content (AvgIpc) is 3.78. The molecular formula is C41H41N7O5S. The molecule has 54 heavy (non-hydrogen) atoms. The Bertz CT molecular complexity index is 2250. The molecule has 0 bridgehead atoms. The third kappa shape index (κ3) is 7.56. The third-order valence-electron chi connectivity index (χ3n) is 10.1. The molecule has 0 saturated carbocycles. The number of pyridine rings is 1. The summed E-state index contributed by atoms with van der Waals surface area (Å²) in [6.07, 6.45) is 11.0. The number of carbonyl (C=O) groups excluding carboxylic acids is 1. The van der Waals surface area contributed by atoms with Gasteiger partial charge in [0.15, 0.2) is 10.8 Å². The van der Waals surface area contributed by atoms with Gasteiger partial charge in [0.2, 0.25) is 5.91 Å². The zero-order chi connectivity index (χ0) is 37.0. The van der Waals surface area contributed by atoms with Crippen LogP contribution in [0, 0.1) is 12.8 Å². The van der Waals surface area contributed by atoms with Crippen molar-refractivity contribution in [2.45, 2.75) is 26.3 Å². The third-order valence-corrected chi connectivity index (χ3v) is 11.0. The molecule has 1 atom stereocenters. The van der Waals surface area contributed by atoms with Crippen LogP contribution in [0.4, 0.5) is 10.9 Å². The molecule has 276 valence electrons. The van der Waals surface area contributed by atoms with E-state index in [2.05, 4.69) is 25.3 Å². The van der Waals surface area contributed by atoms with Gasteiger partial charge in [-0.1, -0.05) is 59.9 Å². The number of aromatic nitrogens is 4. The second-order valence-electron chi connectivity index (χ2n) is 13.5. The van der Waals surface area contributed by atoms with Crippen LogP contribution >= 0.6 is 11.3 Å². The van der Waals surface area contributed by atoms with Gasteiger partial charge in [-0.15, -0.1) is 0 Å². The lowest BCUT2D eigenvalue weighted by atomic mass is 9.84. The van der Waals surface area contributed by atoms with Gasteiger partial charge in [-0.3, -0.25) is 14.4 Å². The van der Waals surface area contributed by atoms with E-state index in [4.69, 9.17) is 9.47 Å². The van der Waals surface area contributed by atoms with Crippen molar-refractivity contribution in [2.24, 2.45) is 5.92 Å². The van der Waals surface area contributed by atoms with E-state index in [-0.39, 0.29) is 11.6 Å². The summed E-state index contributed by atoms with van der Waals surface area (Å²) in [6.45, 7) is 8.06. The van der Waals surface area contributed by atoms with Crippen LogP contribution < -0.4 is 15.0 Å². The molecule has 5 aromatic rings. The summed E-state index contributed by atoms with van der Waals surface area (Å²) in [4.78, 5) is 39.8. The van der Waals surface area contributed by atoms with E-state index in [1.54, 1.807) is 12.3 Å². The number of nitrogens with one attached hydrogen (secondary N) is 1. The largest absolute Gasteiger partial charge is 0.493 e. The van der Waals surface area contributed by atoms with E-state index >= 15 is 0 Å². The quantitative estimate of drug-likeness (QED) is 0.135. The molecule has 1 unspecified atom stereocenters. The Morgan fingerprint density at radius 1 is 1.02 bits per heavy atom. The van der Waals surface area contributed by atoms with Crippen LogP contribution in [0.1, 0.15) is 34.6 Å². The lowest BCUT2D eigenvalue weighted by Crippen LogP contribution is -2.37. The summed E-state index contributed by atoms with van der Waals surface area (Å²) >= 11 is 1.44. The number of thiazole rings is 1. The molecule has 1 fully saturated rings. The molecule has 3 aliphatic rings. The fraction of sp³-hybridized carbons (Fsp3) is 0.293. The number of amides is 1. The smallest absolute Gasteiger partial charge is 0.355 e. The number of benzene rings is 2. The van der Waals surface area contributed by atoms with Crippen LogP contribution in [0.3, 0.4) is 0 Å². The van der Waals surface area contributed by atoms with Gasteiger partial charge in [-0.2, -0.15) is 5.10 Å². The van der Waals surface area contributed by atoms with E-state index in [1.807, 2.05) is 95.5 Å². The molecular weight excluding hydrogens is 703 g/mol. The monoisotopic (exact) mass is 743 g/mol. The first-order chi connectivity index (χ1) is 26.4. The minimum absolute atomic E-state index is 0.0624. The Kier molecular flexibility index (Phi) is 10.3. The van der Waals surface area contributed by atoms with Crippen molar-refractivity contribution in [3.05, 3.63) is 119 Å². The SMILES string of the molecule is Cc1c(-c2ccc(N3C=C4C(=CC=CC4C(=O)Nc4nc5ccccc5s4)CC3)nc2C(=O)O)cnn1Cc1ccccc1OCCCN1CCOCC1. The first-order valence-corrected chi connectivity index (χ1v) is 19.0. The molecule has 1 saturated heterocycles. The highest BCUT2D eigenvalue weighted by atomic mass is 32.1. The average molecular weight is 744 g/mol. The van der Waals surface area contributed by atoms with E-state index < -0.39 is 11.9 Å². The van der Waals surface area contributed by atoms with Crippen molar-refractivity contribution in [3.63, 3.8) is 0 Å². The maximum absolute atomic E-state index is 13.6. The van der Waals surface area contributed by atoms with Gasteiger partial charge >= 0.3 is 5.97 Å². The minimum Gasteiger partial charge on any atom is -0.493 e. The first-order valence-electron chi connectivity index (χ1n) is 18.2. The van der Waals surface area contributed by atoms with Crippen LogP contribution in [0.2, 0.25) is 0 Å². The van der Waals surface area contributed by atoms with Crippen LogP contribution in [0.25, 0.3) is 21.3 Å². The fourth-order valence-corrected chi connectivity index (χ4v) is 8.02. The summed E-state index contributed by atoms with van der Waals surface area (Å²) < 4.78 is 14.5. The van der Waals surface area contributed by atoms with Crippen LogP contribution in [0.5, 0.6) is 5.75 Å². The molecule has 12 nitrogen and oxygen atoms in total.